The molecule has 0 bridgehead atoms. The molecule has 0 aliphatic heterocycles. The molecule has 1 aromatic carbocycles. The van der Waals surface area contributed by atoms with Crippen LogP contribution in [0.2, 0.25) is 5.02 Å². The molecule has 18 heavy (non-hydrogen) atoms. The lowest BCUT2D eigenvalue weighted by molar-refractivity contribution is 0.108. The third-order valence-electron chi connectivity index (χ3n) is 2.20. The Bertz CT molecular complexity index is 471. The molecule has 1 aromatic rings. The first-order valence-corrected chi connectivity index (χ1v) is 5.53. The lowest BCUT2D eigenvalue weighted by atomic mass is 10.2. The maximum Gasteiger partial charge on any atom is 0.410 e. The van der Waals surface area contributed by atoms with E-state index in [-0.39, 0.29) is 13.2 Å². The second-order valence-corrected chi connectivity index (χ2v) is 3.94. The molecule has 1 amide bonds. The van der Waals surface area contributed by atoms with Gasteiger partial charge in [0.15, 0.2) is 0 Å². The van der Waals surface area contributed by atoms with Crippen LogP contribution in [-0.2, 0) is 11.3 Å². The Balaban J connectivity index is 2.56. The summed E-state index contributed by atoms with van der Waals surface area (Å²) in [5.41, 5.74) is 0.750. The Hall–Kier alpha value is -1.93. The highest BCUT2D eigenvalue weighted by molar-refractivity contribution is 6.32. The predicted molar refractivity (Wildman–Crippen MR) is 66.4 cm³/mol. The van der Waals surface area contributed by atoms with Gasteiger partial charge in [-0.3, -0.25) is 4.90 Å². The van der Waals surface area contributed by atoms with Crippen LogP contribution in [0.4, 0.5) is 4.79 Å². The molecule has 0 aromatic heterocycles. The molecule has 1 rings (SSSR count). The standard InChI is InChI=1S/C12H13ClN2O3/c1-15(6-5-14)12(16)18-8-9-3-4-11(17-2)10(13)7-9/h3-4,7H,6,8H2,1-2H3. The number of methoxy groups -OCH3 is 1. The van der Waals surface area contributed by atoms with Gasteiger partial charge in [0.05, 0.1) is 18.2 Å². The fourth-order valence-electron chi connectivity index (χ4n) is 1.23. The number of nitrogens with zero attached hydrogens (tertiary/aromatic N) is 2. The molecule has 0 saturated carbocycles. The minimum atomic E-state index is -0.552. The van der Waals surface area contributed by atoms with Gasteiger partial charge in [-0.05, 0) is 17.7 Å². The first-order valence-electron chi connectivity index (χ1n) is 5.15. The van der Waals surface area contributed by atoms with Gasteiger partial charge < -0.3 is 9.47 Å². The van der Waals surface area contributed by atoms with E-state index in [4.69, 9.17) is 26.3 Å². The Morgan fingerprint density at radius 3 is 2.83 bits per heavy atom. The van der Waals surface area contributed by atoms with Gasteiger partial charge in [0, 0.05) is 7.05 Å². The smallest absolute Gasteiger partial charge is 0.410 e. The van der Waals surface area contributed by atoms with Crippen molar-refractivity contribution in [1.82, 2.24) is 4.90 Å². The maximum absolute atomic E-state index is 11.4. The first-order chi connectivity index (χ1) is 8.58. The highest BCUT2D eigenvalue weighted by Gasteiger charge is 2.10. The topological polar surface area (TPSA) is 62.6 Å². The molecule has 0 heterocycles. The van der Waals surface area contributed by atoms with Gasteiger partial charge >= 0.3 is 6.09 Å². The number of ether oxygens (including phenoxy) is 2. The molecular weight excluding hydrogens is 256 g/mol. The van der Waals surface area contributed by atoms with Gasteiger partial charge in [-0.2, -0.15) is 5.26 Å². The number of carbonyl (C=O) groups excluding carboxylic acids is 1. The van der Waals surface area contributed by atoms with Gasteiger partial charge in [0.25, 0.3) is 0 Å². The minimum absolute atomic E-state index is 0.0117. The van der Waals surface area contributed by atoms with Crippen LogP contribution in [0.15, 0.2) is 18.2 Å². The number of nitriles is 1. The van der Waals surface area contributed by atoms with Gasteiger partial charge in [-0.15, -0.1) is 0 Å². The normalized spacial score (nSPS) is 9.44. The number of hydrogen-bond acceptors (Lipinski definition) is 4. The third kappa shape index (κ3) is 3.82. The highest BCUT2D eigenvalue weighted by Crippen LogP contribution is 2.25. The van der Waals surface area contributed by atoms with E-state index >= 15 is 0 Å². The molecule has 6 heteroatoms. The Labute approximate surface area is 110 Å². The van der Waals surface area contributed by atoms with E-state index in [0.29, 0.717) is 10.8 Å². The van der Waals surface area contributed by atoms with E-state index < -0.39 is 6.09 Å². The van der Waals surface area contributed by atoms with Crippen molar-refractivity contribution >= 4 is 17.7 Å². The molecule has 96 valence electrons. The zero-order valence-electron chi connectivity index (χ0n) is 10.1. The zero-order chi connectivity index (χ0) is 13.5. The van der Waals surface area contributed by atoms with Crippen molar-refractivity contribution in [2.45, 2.75) is 6.61 Å². The number of hydrogen-bond donors (Lipinski definition) is 0. The Kier molecular flexibility index (Phi) is 5.28. The van der Waals surface area contributed by atoms with Gasteiger partial charge in [-0.25, -0.2) is 4.79 Å². The van der Waals surface area contributed by atoms with E-state index in [1.54, 1.807) is 18.2 Å². The quantitative estimate of drug-likeness (QED) is 0.787. The molecule has 0 fully saturated rings. The summed E-state index contributed by atoms with van der Waals surface area (Å²) in [6.07, 6.45) is -0.552. The fraction of sp³-hybridized carbons (Fsp3) is 0.333. The van der Waals surface area contributed by atoms with Crippen LogP contribution < -0.4 is 4.74 Å². The molecule has 0 aliphatic rings. The molecule has 5 nitrogen and oxygen atoms in total. The van der Waals surface area contributed by atoms with Crippen LogP contribution >= 0.6 is 11.6 Å². The number of benzene rings is 1. The van der Waals surface area contributed by atoms with Crippen molar-refractivity contribution in [3.63, 3.8) is 0 Å². The summed E-state index contributed by atoms with van der Waals surface area (Å²) < 4.78 is 10.0. The zero-order valence-corrected chi connectivity index (χ0v) is 10.9. The van der Waals surface area contributed by atoms with Crippen LogP contribution in [0.1, 0.15) is 5.56 Å². The monoisotopic (exact) mass is 268 g/mol. The second-order valence-electron chi connectivity index (χ2n) is 3.54. The number of amides is 1. The van der Waals surface area contributed by atoms with Gasteiger partial charge in [-0.1, -0.05) is 17.7 Å². The molecule has 0 spiro atoms. The van der Waals surface area contributed by atoms with Crippen molar-refractivity contribution in [3.8, 4) is 11.8 Å². The summed E-state index contributed by atoms with van der Waals surface area (Å²) in [6.45, 7) is 0.0838. The molecule has 0 N–H and O–H groups in total. The minimum Gasteiger partial charge on any atom is -0.495 e. The molecule has 0 unspecified atom stereocenters. The summed E-state index contributed by atoms with van der Waals surface area (Å²) in [6, 6.07) is 6.97. The van der Waals surface area contributed by atoms with E-state index in [2.05, 4.69) is 0 Å². The molecule has 0 atom stereocenters. The third-order valence-corrected chi connectivity index (χ3v) is 2.49. The molecular formula is C12H13ClN2O3. The van der Waals surface area contributed by atoms with Crippen LogP contribution in [-0.4, -0.2) is 31.7 Å². The fourth-order valence-corrected chi connectivity index (χ4v) is 1.51. The van der Waals surface area contributed by atoms with Crippen LogP contribution in [0.5, 0.6) is 5.75 Å². The van der Waals surface area contributed by atoms with Crippen molar-refractivity contribution in [3.05, 3.63) is 28.8 Å². The molecule has 0 saturated heterocycles. The predicted octanol–water partition coefficient (Wildman–Crippen LogP) is 2.44. The highest BCUT2D eigenvalue weighted by atomic mass is 35.5. The van der Waals surface area contributed by atoms with E-state index in [1.807, 2.05) is 6.07 Å². The molecule has 0 aliphatic carbocycles. The van der Waals surface area contributed by atoms with Crippen molar-refractivity contribution < 1.29 is 14.3 Å². The summed E-state index contributed by atoms with van der Waals surface area (Å²) in [5.74, 6) is 0.563. The Morgan fingerprint density at radius 2 is 2.28 bits per heavy atom. The van der Waals surface area contributed by atoms with E-state index in [0.717, 1.165) is 5.56 Å². The second kappa shape index (κ2) is 6.72. The summed E-state index contributed by atoms with van der Waals surface area (Å²) in [4.78, 5) is 12.6. The van der Waals surface area contributed by atoms with Gasteiger partial charge in [0.1, 0.15) is 18.9 Å². The van der Waals surface area contributed by atoms with Crippen molar-refractivity contribution in [2.75, 3.05) is 20.7 Å². The number of carbonyl (C=O) groups is 1. The van der Waals surface area contributed by atoms with E-state index in [1.165, 1.54) is 19.1 Å². The molecule has 0 radical (unpaired) electrons. The summed E-state index contributed by atoms with van der Waals surface area (Å²) in [5, 5.41) is 8.89. The maximum atomic E-state index is 11.4. The van der Waals surface area contributed by atoms with E-state index in [9.17, 15) is 4.79 Å². The van der Waals surface area contributed by atoms with Crippen LogP contribution in [0, 0.1) is 11.3 Å². The largest absolute Gasteiger partial charge is 0.495 e. The lowest BCUT2D eigenvalue weighted by Crippen LogP contribution is -2.27. The SMILES string of the molecule is COc1ccc(COC(=O)N(C)CC#N)cc1Cl. The number of rotatable bonds is 4. The van der Waals surface area contributed by atoms with Crippen molar-refractivity contribution in [1.29, 1.82) is 5.26 Å². The lowest BCUT2D eigenvalue weighted by Gasteiger charge is -2.13. The van der Waals surface area contributed by atoms with Crippen LogP contribution in [0.3, 0.4) is 0 Å². The summed E-state index contributed by atoms with van der Waals surface area (Å²) >= 11 is 5.94. The van der Waals surface area contributed by atoms with Gasteiger partial charge in [0.2, 0.25) is 0 Å². The number of halogens is 1. The summed E-state index contributed by atoms with van der Waals surface area (Å²) in [7, 11) is 3.02. The van der Waals surface area contributed by atoms with Crippen LogP contribution in [0.25, 0.3) is 0 Å². The van der Waals surface area contributed by atoms with Crippen molar-refractivity contribution in [2.24, 2.45) is 0 Å². The average Bonchev–Trinajstić information content (AvgIpc) is 2.36. The first kappa shape index (κ1) is 14.1. The Morgan fingerprint density at radius 1 is 1.56 bits per heavy atom. The average molecular weight is 269 g/mol.